The summed E-state index contributed by atoms with van der Waals surface area (Å²) in [7, 11) is -9.56. The molecule has 0 spiro atoms. The molecule has 15 aliphatic rings. The molecule has 0 radical (unpaired) electrons. The van der Waals surface area contributed by atoms with E-state index >= 15 is 0 Å². The summed E-state index contributed by atoms with van der Waals surface area (Å²) in [6.45, 7) is 50.3. The molecule has 0 saturated heterocycles. The summed E-state index contributed by atoms with van der Waals surface area (Å²) in [5.74, 6) is -2.26. The predicted molar refractivity (Wildman–Crippen MR) is 474 cm³/mol. The van der Waals surface area contributed by atoms with Gasteiger partial charge in [0.25, 0.3) is 0 Å². The van der Waals surface area contributed by atoms with E-state index in [0.717, 1.165) is 130 Å². The Kier molecular flexibility index (Phi) is 24.3. The van der Waals surface area contributed by atoms with Crippen LogP contribution in [0.4, 0.5) is 0 Å². The Morgan fingerprint density at radius 3 is 0.878 bits per heavy atom. The molecule has 0 amide bonds. The van der Waals surface area contributed by atoms with E-state index in [9.17, 15) is 57.8 Å². The lowest BCUT2D eigenvalue weighted by atomic mass is 9.34. The second kappa shape index (κ2) is 31.5. The minimum Gasteiger partial charge on any atom is -0.504 e. The molecule has 15 rings (SSSR count). The Hall–Kier alpha value is -5.85. The average Bonchev–Trinajstić information content (AvgIpc) is 0.684. The quantitative estimate of drug-likeness (QED) is 0.121. The fraction of sp³-hybridized carbons (Fsp3) is 0.697. The standard InChI is InChI=1S/C35H51O7P.C33H47O7P.C31H43O7P/c1-21(2)40-43(39,41-22(3)4)42-30(38)32(7)14-13-31(6)15-17-34(9)27-12-11-24-23(5)29(37)26(36)19-25(24)33(27,8)16-18-35(34,10)28(31)20-32;1-9-38-41(37,39-10-2)40-28(36)30(5)14-13-29(4)15-17-32(7)25-12-11-22-21(3)27(35)24(34)19-23(22)31(25,6)16-18-33(32,8)26(29)20-30;1-19-20-9-10-23-29(4,21(20)17-22(32)25(19)33)14-16-31(6)24-18-28(3,26(34)38-39(35,36-7)37-8)12-11-27(24,2)13-15-30(23,31)5/h11-12,19,21-22,28,37H,13-18,20H2,1-10H3;11-12,19,26,35H,9-10,13-18,20H2,1-8H3;9-10,17,24,33H,11-16,18H2,1-8H3/t28-,31-,32-,33+,34-,35+;26-,29-,30-,31+,32-,33+;24-,27-,28-,29+,30-,31+/m111/s1. The molecule has 0 heterocycles. The summed E-state index contributed by atoms with van der Waals surface area (Å²) in [5.41, 5.74) is 8.03. The number of fused-ring (bicyclic) bond motifs is 21. The Morgan fingerprint density at radius 2 is 0.626 bits per heavy atom. The van der Waals surface area contributed by atoms with E-state index in [2.05, 4.69) is 120 Å². The average molecular weight is 1760 g/mol. The monoisotopic (exact) mass is 1760 g/mol. The topological polar surface area (TPSA) is 297 Å². The van der Waals surface area contributed by atoms with Crippen LogP contribution in [0, 0.1) is 99.0 Å². The first kappa shape index (κ1) is 94.8. The zero-order chi connectivity index (χ0) is 91.0. The molecule has 18 atom stereocenters. The third-order valence-electron chi connectivity index (χ3n) is 36.4. The highest BCUT2D eigenvalue weighted by Gasteiger charge is 2.72. The summed E-state index contributed by atoms with van der Waals surface area (Å²) >= 11 is 0. The number of phosphoric acid groups is 3. The zero-order valence-electron chi connectivity index (χ0n) is 78.4. The lowest BCUT2D eigenvalue weighted by Gasteiger charge is -2.70. The molecule has 21 nitrogen and oxygen atoms in total. The van der Waals surface area contributed by atoms with Crippen LogP contribution in [0.1, 0.15) is 301 Å². The van der Waals surface area contributed by atoms with Gasteiger partial charge in [0.15, 0.2) is 17.3 Å². The molecule has 0 unspecified atom stereocenters. The van der Waals surface area contributed by atoms with Gasteiger partial charge in [-0.3, -0.25) is 55.9 Å². The van der Waals surface area contributed by atoms with Crippen LogP contribution >= 0.6 is 23.5 Å². The van der Waals surface area contributed by atoms with Crippen molar-refractivity contribution < 1.29 is 98.5 Å². The van der Waals surface area contributed by atoms with Crippen LogP contribution in [0.15, 0.2) is 139 Å². The van der Waals surface area contributed by atoms with E-state index in [-0.39, 0.29) is 131 Å². The summed E-state index contributed by atoms with van der Waals surface area (Å²) < 4.78 is 87.5. The smallest absolute Gasteiger partial charge is 0.504 e. The molecule has 9 fully saturated rings. The van der Waals surface area contributed by atoms with Crippen molar-refractivity contribution in [3.63, 3.8) is 0 Å². The number of phosphoric ester groups is 3. The number of ketones is 3. The molecule has 0 aliphatic heterocycles. The molecule has 0 aromatic heterocycles. The predicted octanol–water partition coefficient (Wildman–Crippen LogP) is 25.0. The van der Waals surface area contributed by atoms with Crippen molar-refractivity contribution in [1.82, 2.24) is 0 Å². The normalized spacial score (nSPS) is 40.4. The Balaban J connectivity index is 0.000000159. The summed E-state index contributed by atoms with van der Waals surface area (Å²) in [5, 5.41) is 31.1. The molecule has 15 aliphatic carbocycles. The number of allylic oxidation sites excluding steroid dienone is 21. The number of aliphatic hydroxyl groups is 3. The number of rotatable bonds is 16. The van der Waals surface area contributed by atoms with Gasteiger partial charge in [-0.2, -0.15) is 0 Å². The van der Waals surface area contributed by atoms with Crippen molar-refractivity contribution >= 4 is 58.7 Å². The number of hydrogen-bond acceptors (Lipinski definition) is 21. The first-order valence-corrected chi connectivity index (χ1v) is 49.8. The minimum atomic E-state index is -4.09. The van der Waals surface area contributed by atoms with Crippen LogP contribution in [0.5, 0.6) is 0 Å². The van der Waals surface area contributed by atoms with Crippen molar-refractivity contribution in [1.29, 1.82) is 0 Å². The fourth-order valence-corrected chi connectivity index (χ4v) is 31.3. The number of hydrogen-bond donors (Lipinski definition) is 3. The molecule has 0 bridgehead atoms. The number of aliphatic hydroxyl groups excluding tert-OH is 3. The third kappa shape index (κ3) is 14.7. The summed E-state index contributed by atoms with van der Waals surface area (Å²) in [6.07, 6.45) is 35.5. The van der Waals surface area contributed by atoms with Crippen LogP contribution < -0.4 is 0 Å². The largest absolute Gasteiger partial charge is 0.532 e. The van der Waals surface area contributed by atoms with Gasteiger partial charge in [-0.1, -0.05) is 136 Å². The maximum absolute atomic E-state index is 13.9. The fourth-order valence-electron chi connectivity index (χ4n) is 27.7. The highest BCUT2D eigenvalue weighted by molar-refractivity contribution is 7.49. The summed E-state index contributed by atoms with van der Waals surface area (Å²) in [4.78, 5) is 79.3. The highest BCUT2D eigenvalue weighted by atomic mass is 31.2. The van der Waals surface area contributed by atoms with Crippen LogP contribution in [-0.4, -0.2) is 90.2 Å². The van der Waals surface area contributed by atoms with E-state index < -0.39 is 69.8 Å². The maximum Gasteiger partial charge on any atom is 0.532 e. The second-order valence-corrected chi connectivity index (χ2v) is 48.7. The first-order chi connectivity index (χ1) is 56.8. The molecule has 3 N–H and O–H groups in total. The second-order valence-electron chi connectivity index (χ2n) is 43.8. The maximum atomic E-state index is 13.9. The SMILES string of the molecule is CC1=C(O)C(=O)C=C2C1=CC=C1[C@@]2(C)CC[C@@]2(C)[C@@H]3C[C@](C)(C(=O)OP(=O)(OC(C)C)OC(C)C)CC[C@]3(C)CC[C@]12C.CCOP(=O)(OCC)OC(=O)[C@]1(C)CC[C@]2(C)CC[C@]3(C)C4=CC=C5C(=CC(=O)C(O)=C5C)[C@]4(C)CC[C@@]3(C)[C@@H]2C1.COP(=O)(OC)OC(=O)[C@]1(C)CC[C@]2(C)CC[C@]3(C)C4=CC=C5C(=CC(=O)C(O)=C5C)[C@]4(C)CC[C@@]3(C)[C@@H]2C1. The number of carbonyl (C=O) groups is 6. The van der Waals surface area contributed by atoms with Crippen LogP contribution in [0.2, 0.25) is 0 Å². The molecule has 123 heavy (non-hydrogen) atoms. The van der Waals surface area contributed by atoms with Crippen molar-refractivity contribution in [3.05, 3.63) is 139 Å². The van der Waals surface area contributed by atoms with Gasteiger partial charge in [-0.25, -0.2) is 13.7 Å². The van der Waals surface area contributed by atoms with Crippen molar-refractivity contribution in [2.75, 3.05) is 27.4 Å². The molecular weight excluding hydrogens is 1620 g/mol. The molecule has 678 valence electrons. The van der Waals surface area contributed by atoms with E-state index in [4.69, 9.17) is 40.7 Å². The van der Waals surface area contributed by atoms with Gasteiger partial charge >= 0.3 is 41.4 Å². The van der Waals surface area contributed by atoms with Gasteiger partial charge in [0.05, 0.1) is 41.7 Å². The van der Waals surface area contributed by atoms with Crippen molar-refractivity contribution in [2.45, 2.75) is 313 Å². The van der Waals surface area contributed by atoms with Crippen LogP contribution in [-0.2, 0) is 83.2 Å². The Labute approximate surface area is 731 Å². The molecule has 0 aromatic carbocycles. The van der Waals surface area contributed by atoms with Crippen molar-refractivity contribution in [3.8, 4) is 0 Å². The van der Waals surface area contributed by atoms with Gasteiger partial charge in [0.2, 0.25) is 17.3 Å². The van der Waals surface area contributed by atoms with E-state index in [1.165, 1.54) is 30.9 Å². The van der Waals surface area contributed by atoms with Gasteiger partial charge < -0.3 is 28.9 Å². The van der Waals surface area contributed by atoms with Crippen LogP contribution in [0.25, 0.3) is 0 Å². The Morgan fingerprint density at radius 1 is 0.374 bits per heavy atom. The molecule has 0 aromatic rings. The zero-order valence-corrected chi connectivity index (χ0v) is 81.1. The minimum absolute atomic E-state index is 0.0652. The summed E-state index contributed by atoms with van der Waals surface area (Å²) in [6, 6.07) is 0. The first-order valence-electron chi connectivity index (χ1n) is 45.4. The van der Waals surface area contributed by atoms with E-state index in [1.807, 2.05) is 41.5 Å². The molecular formula is C99H141O21P3. The highest BCUT2D eigenvalue weighted by Crippen LogP contribution is 2.80. The van der Waals surface area contributed by atoms with Gasteiger partial charge in [0, 0.05) is 47.2 Å². The van der Waals surface area contributed by atoms with Gasteiger partial charge in [-0.05, 0) is 336 Å². The lowest BCUT2D eigenvalue weighted by Crippen LogP contribution is -2.62. The van der Waals surface area contributed by atoms with Crippen LogP contribution in [0.3, 0.4) is 0 Å². The third-order valence-corrected chi connectivity index (χ3v) is 41.0. The van der Waals surface area contributed by atoms with Gasteiger partial charge in [0.1, 0.15) is 0 Å². The van der Waals surface area contributed by atoms with E-state index in [0.29, 0.717) is 55.2 Å². The Bertz CT molecular complexity index is 5040. The van der Waals surface area contributed by atoms with Crippen molar-refractivity contribution in [2.24, 2.45) is 99.0 Å². The molecule has 9 saturated carbocycles. The van der Waals surface area contributed by atoms with E-state index in [1.54, 1.807) is 59.8 Å². The lowest BCUT2D eigenvalue weighted by molar-refractivity contribution is -0.178. The number of carbonyl (C=O) groups excluding carboxylic acids is 6. The molecule has 24 heteroatoms. The van der Waals surface area contributed by atoms with Gasteiger partial charge in [-0.15, -0.1) is 0 Å².